The summed E-state index contributed by atoms with van der Waals surface area (Å²) in [6, 6.07) is 10.9. The van der Waals surface area contributed by atoms with Crippen LogP contribution in [0.15, 0.2) is 42.6 Å². The van der Waals surface area contributed by atoms with Crippen LogP contribution in [0, 0.1) is 5.92 Å². The molecule has 2 aromatic carbocycles. The van der Waals surface area contributed by atoms with Gasteiger partial charge in [0, 0.05) is 48.0 Å². The van der Waals surface area contributed by atoms with Gasteiger partial charge in [-0.3, -0.25) is 9.59 Å². The van der Waals surface area contributed by atoms with Crippen molar-refractivity contribution in [1.82, 2.24) is 4.98 Å². The minimum atomic E-state index is -1.34. The summed E-state index contributed by atoms with van der Waals surface area (Å²) in [7, 11) is 3.00. The first kappa shape index (κ1) is 21.1. The second kappa shape index (κ2) is 7.81. The number of nitrogens with one attached hydrogen (secondary N) is 1. The summed E-state index contributed by atoms with van der Waals surface area (Å²) in [6.07, 6.45) is 1.77. The summed E-state index contributed by atoms with van der Waals surface area (Å²) in [5.41, 5.74) is 2.09. The maximum atomic E-state index is 13.0. The molecule has 1 saturated heterocycles. The van der Waals surface area contributed by atoms with E-state index in [1.54, 1.807) is 18.3 Å². The van der Waals surface area contributed by atoms with E-state index in [1.807, 2.05) is 24.3 Å². The molecule has 1 fully saturated rings. The molecule has 0 saturated carbocycles. The zero-order chi connectivity index (χ0) is 22.3. The van der Waals surface area contributed by atoms with Gasteiger partial charge in [-0.1, -0.05) is 29.8 Å². The van der Waals surface area contributed by atoms with Gasteiger partial charge >= 0.3 is 11.9 Å². The van der Waals surface area contributed by atoms with Gasteiger partial charge in [-0.2, -0.15) is 0 Å². The Labute approximate surface area is 184 Å². The minimum absolute atomic E-state index is 0.318. The molecule has 1 aliphatic heterocycles. The molecule has 0 aliphatic carbocycles. The molecular weight excluding hydrogens is 422 g/mol. The quantitative estimate of drug-likeness (QED) is 0.464. The number of aromatic nitrogens is 1. The Morgan fingerprint density at radius 1 is 1.00 bits per heavy atom. The van der Waals surface area contributed by atoms with Crippen LogP contribution < -0.4 is 9.47 Å². The van der Waals surface area contributed by atoms with Crippen molar-refractivity contribution >= 4 is 34.4 Å². The van der Waals surface area contributed by atoms with Gasteiger partial charge in [0.2, 0.25) is 0 Å². The number of H-pyrrole nitrogens is 1. The van der Waals surface area contributed by atoms with Crippen molar-refractivity contribution in [1.29, 1.82) is 0 Å². The molecule has 8 heteroatoms. The number of carbonyl (C=O) groups excluding carboxylic acids is 2. The number of ether oxygens (including phenoxy) is 4. The van der Waals surface area contributed by atoms with Crippen LogP contribution in [0.25, 0.3) is 10.9 Å². The molecule has 3 aromatic rings. The summed E-state index contributed by atoms with van der Waals surface area (Å²) in [4.78, 5) is 29.2. The van der Waals surface area contributed by atoms with Crippen LogP contribution in [-0.2, 0) is 19.1 Å². The van der Waals surface area contributed by atoms with E-state index in [0.29, 0.717) is 27.6 Å². The highest BCUT2D eigenvalue weighted by Gasteiger charge is 2.49. The Balaban J connectivity index is 1.95. The molecule has 0 bridgehead atoms. The lowest BCUT2D eigenvalue weighted by Gasteiger charge is -2.36. The van der Waals surface area contributed by atoms with E-state index in [2.05, 4.69) is 4.98 Å². The number of hydrogen-bond acceptors (Lipinski definition) is 6. The normalized spacial score (nSPS) is 17.2. The van der Waals surface area contributed by atoms with Crippen molar-refractivity contribution in [3.05, 3.63) is 58.7 Å². The number of cyclic esters (lactones) is 2. The predicted molar refractivity (Wildman–Crippen MR) is 114 cm³/mol. The first-order chi connectivity index (χ1) is 14.8. The van der Waals surface area contributed by atoms with E-state index < -0.39 is 29.6 Å². The minimum Gasteiger partial charge on any atom is -0.493 e. The van der Waals surface area contributed by atoms with Crippen molar-refractivity contribution in [2.45, 2.75) is 25.6 Å². The molecule has 162 valence electrons. The van der Waals surface area contributed by atoms with Gasteiger partial charge in [0.1, 0.15) is 0 Å². The van der Waals surface area contributed by atoms with Gasteiger partial charge in [-0.05, 0) is 23.3 Å². The lowest BCUT2D eigenvalue weighted by molar-refractivity contribution is -0.240. The second-order valence-electron chi connectivity index (χ2n) is 7.72. The number of benzene rings is 2. The lowest BCUT2D eigenvalue weighted by Crippen LogP contribution is -2.48. The second-order valence-corrected chi connectivity index (χ2v) is 8.12. The Morgan fingerprint density at radius 2 is 1.61 bits per heavy atom. The zero-order valence-corrected chi connectivity index (χ0v) is 18.3. The number of aromatic amines is 1. The third-order valence-electron chi connectivity index (χ3n) is 5.33. The van der Waals surface area contributed by atoms with Crippen molar-refractivity contribution in [2.24, 2.45) is 5.92 Å². The van der Waals surface area contributed by atoms with E-state index in [1.165, 1.54) is 28.1 Å². The van der Waals surface area contributed by atoms with Crippen molar-refractivity contribution in [3.63, 3.8) is 0 Å². The van der Waals surface area contributed by atoms with Crippen LogP contribution >= 0.6 is 11.6 Å². The average molecular weight is 444 g/mol. The molecule has 31 heavy (non-hydrogen) atoms. The highest BCUT2D eigenvalue weighted by atomic mass is 35.5. The Bertz CT molecular complexity index is 1150. The fourth-order valence-electron chi connectivity index (χ4n) is 3.99. The average Bonchev–Trinajstić information content (AvgIpc) is 3.14. The molecule has 2 heterocycles. The summed E-state index contributed by atoms with van der Waals surface area (Å²) in [6.45, 7) is 3.03. The molecular formula is C23H22ClNO6. The van der Waals surface area contributed by atoms with E-state index in [4.69, 9.17) is 30.5 Å². The van der Waals surface area contributed by atoms with Crippen LogP contribution in [0.5, 0.6) is 11.5 Å². The molecule has 7 nitrogen and oxygen atoms in total. The van der Waals surface area contributed by atoms with Crippen molar-refractivity contribution < 1.29 is 28.5 Å². The number of hydrogen-bond donors (Lipinski definition) is 1. The molecule has 0 spiro atoms. The van der Waals surface area contributed by atoms with Gasteiger partial charge in [0.05, 0.1) is 14.2 Å². The summed E-state index contributed by atoms with van der Waals surface area (Å²) in [5.74, 6) is -3.86. The van der Waals surface area contributed by atoms with E-state index in [-0.39, 0.29) is 0 Å². The number of para-hydroxylation sites is 1. The summed E-state index contributed by atoms with van der Waals surface area (Å²) >= 11 is 6.62. The maximum Gasteiger partial charge on any atom is 0.324 e. The Morgan fingerprint density at radius 3 is 2.26 bits per heavy atom. The number of rotatable bonds is 5. The number of carbonyl (C=O) groups is 2. The van der Waals surface area contributed by atoms with E-state index in [0.717, 1.165) is 10.9 Å². The molecule has 1 N–H and O–H groups in total. The third-order valence-corrected chi connectivity index (χ3v) is 5.66. The van der Waals surface area contributed by atoms with Crippen LogP contribution in [0.2, 0.25) is 5.02 Å². The first-order valence-corrected chi connectivity index (χ1v) is 10.1. The standard InChI is InChI=1S/C23H22ClNO6/c1-23(2)30-21(26)20(22(27)31-23)19(14-11-25-16-8-6-5-7-12(14)16)13-9-17(28-3)18(29-4)10-15(13)24/h5-11,19-20,25H,1-4H3/t19-/m1/s1. The third kappa shape index (κ3) is 3.70. The smallest absolute Gasteiger partial charge is 0.324 e. The molecule has 1 aliphatic rings. The SMILES string of the molecule is COc1cc(Cl)c([C@H](c2c[nH]c3ccccc23)C2C(=O)OC(C)(C)OC2=O)cc1OC. The topological polar surface area (TPSA) is 86.9 Å². The molecule has 0 amide bonds. The molecule has 1 atom stereocenters. The maximum absolute atomic E-state index is 13.0. The monoisotopic (exact) mass is 443 g/mol. The largest absolute Gasteiger partial charge is 0.493 e. The molecule has 4 rings (SSSR count). The predicted octanol–water partition coefficient (Wildman–Crippen LogP) is 4.42. The van der Waals surface area contributed by atoms with Crippen LogP contribution in [0.1, 0.15) is 30.9 Å². The molecule has 1 aromatic heterocycles. The van der Waals surface area contributed by atoms with Gasteiger partial charge in [-0.25, -0.2) is 0 Å². The van der Waals surface area contributed by atoms with Crippen LogP contribution in [-0.4, -0.2) is 36.9 Å². The Kier molecular flexibility index (Phi) is 5.31. The van der Waals surface area contributed by atoms with Crippen molar-refractivity contribution in [3.8, 4) is 11.5 Å². The molecule has 0 unspecified atom stereocenters. The lowest BCUT2D eigenvalue weighted by atomic mass is 9.79. The number of methoxy groups -OCH3 is 2. The van der Waals surface area contributed by atoms with E-state index in [9.17, 15) is 9.59 Å². The highest BCUT2D eigenvalue weighted by molar-refractivity contribution is 6.31. The Hall–Kier alpha value is -3.19. The fraction of sp³-hybridized carbons (Fsp3) is 0.304. The number of esters is 2. The van der Waals surface area contributed by atoms with Gasteiger partial charge in [0.25, 0.3) is 5.79 Å². The number of fused-ring (bicyclic) bond motifs is 1. The van der Waals surface area contributed by atoms with Crippen molar-refractivity contribution in [2.75, 3.05) is 14.2 Å². The molecule has 0 radical (unpaired) electrons. The first-order valence-electron chi connectivity index (χ1n) is 9.69. The van der Waals surface area contributed by atoms with E-state index >= 15 is 0 Å². The number of halogens is 1. The summed E-state index contributed by atoms with van der Waals surface area (Å²) in [5, 5.41) is 1.17. The zero-order valence-electron chi connectivity index (χ0n) is 17.5. The van der Waals surface area contributed by atoms with Crippen LogP contribution in [0.3, 0.4) is 0 Å². The fourth-order valence-corrected chi connectivity index (χ4v) is 4.26. The van der Waals surface area contributed by atoms with Gasteiger partial charge in [0.15, 0.2) is 17.4 Å². The highest BCUT2D eigenvalue weighted by Crippen LogP contribution is 2.45. The van der Waals surface area contributed by atoms with Crippen LogP contribution in [0.4, 0.5) is 0 Å². The van der Waals surface area contributed by atoms with Gasteiger partial charge in [-0.15, -0.1) is 0 Å². The van der Waals surface area contributed by atoms with Gasteiger partial charge < -0.3 is 23.9 Å². The summed E-state index contributed by atoms with van der Waals surface area (Å²) < 4.78 is 21.6.